The summed E-state index contributed by atoms with van der Waals surface area (Å²) < 4.78 is 66.4. The van der Waals surface area contributed by atoms with E-state index in [4.69, 9.17) is 21.1 Å². The first-order valence-electron chi connectivity index (χ1n) is 9.03. The van der Waals surface area contributed by atoms with Gasteiger partial charge in [0.05, 0.1) is 40.9 Å². The maximum Gasteiger partial charge on any atom is 0.418 e. The zero-order valence-electron chi connectivity index (χ0n) is 16.7. The minimum absolute atomic E-state index is 0.0794. The van der Waals surface area contributed by atoms with Gasteiger partial charge in [0.25, 0.3) is 0 Å². The third kappa shape index (κ3) is 4.45. The van der Waals surface area contributed by atoms with Crippen molar-refractivity contribution in [2.75, 3.05) is 13.2 Å². The number of alkyl halides is 3. The van der Waals surface area contributed by atoms with Crippen LogP contribution >= 0.6 is 11.6 Å². The number of esters is 2. The summed E-state index contributed by atoms with van der Waals surface area (Å²) in [6.07, 6.45) is -5.05. The van der Waals surface area contributed by atoms with Crippen molar-refractivity contribution in [2.45, 2.75) is 39.8 Å². The predicted molar refractivity (Wildman–Crippen MR) is 101 cm³/mol. The molecule has 0 radical (unpaired) electrons. The molecule has 2 rings (SSSR count). The summed E-state index contributed by atoms with van der Waals surface area (Å²) in [5, 5.41) is 2.01. The Bertz CT molecular complexity index is 897. The van der Waals surface area contributed by atoms with Crippen LogP contribution in [0.1, 0.15) is 44.7 Å². The second-order valence-electron chi connectivity index (χ2n) is 6.39. The molecule has 0 fully saturated rings. The van der Waals surface area contributed by atoms with Gasteiger partial charge in [0.15, 0.2) is 0 Å². The van der Waals surface area contributed by atoms with E-state index in [2.05, 4.69) is 5.32 Å². The molecule has 0 amide bonds. The zero-order valence-corrected chi connectivity index (χ0v) is 17.4. The molecule has 164 valence electrons. The van der Waals surface area contributed by atoms with E-state index >= 15 is 0 Å². The Kier molecular flexibility index (Phi) is 7.18. The minimum atomic E-state index is -5.05. The maximum atomic E-state index is 14.9. The van der Waals surface area contributed by atoms with E-state index in [0.29, 0.717) is 0 Å². The fourth-order valence-electron chi connectivity index (χ4n) is 3.38. The molecule has 0 unspecified atom stereocenters. The van der Waals surface area contributed by atoms with Gasteiger partial charge in [0.2, 0.25) is 0 Å². The number of halogens is 5. The third-order valence-corrected chi connectivity index (χ3v) is 4.78. The molecule has 30 heavy (non-hydrogen) atoms. The van der Waals surface area contributed by atoms with Gasteiger partial charge in [-0.25, -0.2) is 14.0 Å². The van der Waals surface area contributed by atoms with Gasteiger partial charge in [0, 0.05) is 17.0 Å². The van der Waals surface area contributed by atoms with Crippen LogP contribution in [0.2, 0.25) is 5.02 Å². The van der Waals surface area contributed by atoms with Crippen molar-refractivity contribution >= 4 is 23.5 Å². The Morgan fingerprint density at radius 1 is 1.03 bits per heavy atom. The number of carbonyl (C=O) groups is 2. The topological polar surface area (TPSA) is 64.6 Å². The van der Waals surface area contributed by atoms with Crippen molar-refractivity contribution in [3.05, 3.63) is 56.6 Å². The number of hydrogen-bond acceptors (Lipinski definition) is 5. The lowest BCUT2D eigenvalue weighted by Crippen LogP contribution is -2.34. The lowest BCUT2D eigenvalue weighted by atomic mass is 9.78. The molecule has 0 saturated carbocycles. The predicted octanol–water partition coefficient (Wildman–Crippen LogP) is 4.86. The molecule has 0 saturated heterocycles. The van der Waals surface area contributed by atoms with Crippen molar-refractivity contribution < 1.29 is 36.6 Å². The Labute approximate surface area is 175 Å². The quantitative estimate of drug-likeness (QED) is 0.514. The number of hydrogen-bond donors (Lipinski definition) is 1. The summed E-state index contributed by atoms with van der Waals surface area (Å²) in [5.74, 6) is -4.99. The van der Waals surface area contributed by atoms with Crippen LogP contribution in [0.3, 0.4) is 0 Å². The molecular formula is C20H20ClF4NO4. The van der Waals surface area contributed by atoms with Crippen molar-refractivity contribution in [3.8, 4) is 0 Å². The fourth-order valence-corrected chi connectivity index (χ4v) is 3.65. The first-order chi connectivity index (χ1) is 13.9. The number of nitrogens with one attached hydrogen (secondary N) is 1. The monoisotopic (exact) mass is 449 g/mol. The first kappa shape index (κ1) is 23.7. The second kappa shape index (κ2) is 9.07. The molecule has 1 aliphatic rings. The first-order valence-corrected chi connectivity index (χ1v) is 9.41. The van der Waals surface area contributed by atoms with Gasteiger partial charge in [-0.15, -0.1) is 0 Å². The van der Waals surface area contributed by atoms with Crippen LogP contribution in [0.15, 0.2) is 34.7 Å². The van der Waals surface area contributed by atoms with E-state index in [9.17, 15) is 27.2 Å². The average molecular weight is 450 g/mol. The molecule has 10 heteroatoms. The number of benzene rings is 1. The fraction of sp³-hybridized carbons (Fsp3) is 0.400. The number of allylic oxidation sites excluding steroid dienone is 2. The number of dihydropyridines is 1. The van der Waals surface area contributed by atoms with Gasteiger partial charge < -0.3 is 14.8 Å². The van der Waals surface area contributed by atoms with Crippen molar-refractivity contribution in [1.82, 2.24) is 5.32 Å². The number of ether oxygens (including phenoxy) is 2. The Morgan fingerprint density at radius 3 is 1.90 bits per heavy atom. The van der Waals surface area contributed by atoms with Crippen LogP contribution in [0, 0.1) is 5.82 Å². The van der Waals surface area contributed by atoms with E-state index in [0.717, 1.165) is 12.1 Å². The largest absolute Gasteiger partial charge is 0.463 e. The summed E-state index contributed by atoms with van der Waals surface area (Å²) in [5.41, 5.74) is -2.84. The van der Waals surface area contributed by atoms with Crippen LogP contribution < -0.4 is 5.32 Å². The summed E-state index contributed by atoms with van der Waals surface area (Å²) in [7, 11) is 0. The van der Waals surface area contributed by atoms with E-state index in [1.807, 2.05) is 0 Å². The highest BCUT2D eigenvalue weighted by Gasteiger charge is 2.46. The Balaban J connectivity index is 2.94. The lowest BCUT2D eigenvalue weighted by Gasteiger charge is -2.32. The van der Waals surface area contributed by atoms with Crippen LogP contribution in [-0.4, -0.2) is 25.2 Å². The maximum absolute atomic E-state index is 14.9. The molecule has 0 atom stereocenters. The minimum Gasteiger partial charge on any atom is -0.463 e. The van der Waals surface area contributed by atoms with E-state index in [-0.39, 0.29) is 35.8 Å². The third-order valence-electron chi connectivity index (χ3n) is 4.46. The SMILES string of the molecule is CCOC(=O)C1=C(C)NC(C)=C(C(=O)OCC)C1c1c(F)ccc(Cl)c1C(F)(F)F. The molecule has 5 nitrogen and oxygen atoms in total. The molecule has 0 aliphatic carbocycles. The molecule has 1 aromatic rings. The zero-order chi connectivity index (χ0) is 22.8. The number of rotatable bonds is 5. The van der Waals surface area contributed by atoms with E-state index in [1.54, 1.807) is 0 Å². The Morgan fingerprint density at radius 2 is 1.50 bits per heavy atom. The highest BCUT2D eigenvalue weighted by atomic mass is 35.5. The summed E-state index contributed by atoms with van der Waals surface area (Å²) >= 11 is 5.79. The second-order valence-corrected chi connectivity index (χ2v) is 6.80. The van der Waals surface area contributed by atoms with Gasteiger partial charge in [-0.3, -0.25) is 0 Å². The van der Waals surface area contributed by atoms with E-state index < -0.39 is 46.0 Å². The van der Waals surface area contributed by atoms with Crippen molar-refractivity contribution in [1.29, 1.82) is 0 Å². The van der Waals surface area contributed by atoms with Crippen LogP contribution in [-0.2, 0) is 25.2 Å². The normalized spacial score (nSPS) is 15.2. The lowest BCUT2D eigenvalue weighted by molar-refractivity contribution is -0.142. The summed E-state index contributed by atoms with van der Waals surface area (Å²) in [6, 6.07) is 1.52. The van der Waals surface area contributed by atoms with E-state index in [1.165, 1.54) is 27.7 Å². The van der Waals surface area contributed by atoms with Crippen LogP contribution in [0.5, 0.6) is 0 Å². The molecule has 1 aliphatic heterocycles. The van der Waals surface area contributed by atoms with Gasteiger partial charge in [-0.1, -0.05) is 11.6 Å². The highest BCUT2D eigenvalue weighted by molar-refractivity contribution is 6.31. The molecule has 1 aromatic carbocycles. The van der Waals surface area contributed by atoms with Crippen LogP contribution in [0.25, 0.3) is 0 Å². The summed E-state index contributed by atoms with van der Waals surface area (Å²) in [4.78, 5) is 25.3. The molecular weight excluding hydrogens is 430 g/mol. The van der Waals surface area contributed by atoms with Crippen molar-refractivity contribution in [2.24, 2.45) is 0 Å². The standard InChI is InChI=1S/C20H20ClF4NO4/c1-5-29-18(27)13-9(3)26-10(4)14(19(28)30-6-2)16(13)15-12(22)8-7-11(21)17(15)20(23,24)25/h7-8,16,26H,5-6H2,1-4H3. The number of carbonyl (C=O) groups excluding carboxylic acids is 2. The Hall–Kier alpha value is -2.55. The molecule has 1 N–H and O–H groups in total. The smallest absolute Gasteiger partial charge is 0.418 e. The van der Waals surface area contributed by atoms with Gasteiger partial charge in [-0.2, -0.15) is 13.2 Å². The average Bonchev–Trinajstić information content (AvgIpc) is 2.62. The summed E-state index contributed by atoms with van der Waals surface area (Å²) in [6.45, 7) is 5.69. The van der Waals surface area contributed by atoms with Gasteiger partial charge in [-0.05, 0) is 39.8 Å². The highest BCUT2D eigenvalue weighted by Crippen LogP contribution is 2.47. The molecule has 1 heterocycles. The van der Waals surface area contributed by atoms with Crippen molar-refractivity contribution in [3.63, 3.8) is 0 Å². The molecule has 0 aromatic heterocycles. The molecule has 0 spiro atoms. The van der Waals surface area contributed by atoms with Gasteiger partial charge in [0.1, 0.15) is 5.82 Å². The van der Waals surface area contributed by atoms with Gasteiger partial charge >= 0.3 is 18.1 Å². The van der Waals surface area contributed by atoms with Crippen LogP contribution in [0.4, 0.5) is 17.6 Å². The molecule has 0 bridgehead atoms.